The number of hydrogen-bond donors (Lipinski definition) is 0. The molecule has 0 saturated carbocycles. The SMILES string of the molecule is CC(C)(C)C(=O)COC(=O)c1ccccc1Cc1nc2ccccc2s1. The first-order valence-corrected chi connectivity index (χ1v) is 9.29. The van der Waals surface area contributed by atoms with E-state index in [4.69, 9.17) is 4.74 Å². The lowest BCUT2D eigenvalue weighted by Gasteiger charge is -2.16. The molecule has 0 bridgehead atoms. The Balaban J connectivity index is 1.77. The first-order chi connectivity index (χ1) is 12.3. The van der Waals surface area contributed by atoms with Crippen LogP contribution in [0.1, 0.15) is 41.7 Å². The van der Waals surface area contributed by atoms with Crippen molar-refractivity contribution in [1.29, 1.82) is 0 Å². The summed E-state index contributed by atoms with van der Waals surface area (Å²) in [4.78, 5) is 29.1. The average Bonchev–Trinajstić information content (AvgIpc) is 3.01. The van der Waals surface area contributed by atoms with Crippen LogP contribution in [0.3, 0.4) is 0 Å². The van der Waals surface area contributed by atoms with E-state index in [-0.39, 0.29) is 12.4 Å². The van der Waals surface area contributed by atoms with Gasteiger partial charge in [0.15, 0.2) is 12.4 Å². The van der Waals surface area contributed by atoms with Crippen LogP contribution in [0.25, 0.3) is 10.2 Å². The molecule has 0 aliphatic carbocycles. The molecule has 0 radical (unpaired) electrons. The third-order valence-electron chi connectivity index (χ3n) is 4.09. The second-order valence-electron chi connectivity index (χ2n) is 7.16. The van der Waals surface area contributed by atoms with Gasteiger partial charge in [-0.1, -0.05) is 51.1 Å². The first kappa shape index (κ1) is 18.3. The van der Waals surface area contributed by atoms with Gasteiger partial charge < -0.3 is 4.74 Å². The van der Waals surface area contributed by atoms with Gasteiger partial charge in [-0.2, -0.15) is 0 Å². The van der Waals surface area contributed by atoms with Gasteiger partial charge in [-0.15, -0.1) is 11.3 Å². The molecule has 0 N–H and O–H groups in total. The first-order valence-electron chi connectivity index (χ1n) is 8.47. The molecule has 0 saturated heterocycles. The molecule has 3 rings (SSSR count). The number of Topliss-reactive ketones (excluding diaryl/α,β-unsaturated/α-hetero) is 1. The summed E-state index contributed by atoms with van der Waals surface area (Å²) < 4.78 is 6.37. The minimum Gasteiger partial charge on any atom is -0.454 e. The predicted octanol–water partition coefficient (Wildman–Crippen LogP) is 4.66. The van der Waals surface area contributed by atoms with Crippen LogP contribution in [0.15, 0.2) is 48.5 Å². The van der Waals surface area contributed by atoms with Gasteiger partial charge in [-0.05, 0) is 23.8 Å². The fourth-order valence-electron chi connectivity index (χ4n) is 2.46. The zero-order valence-electron chi connectivity index (χ0n) is 15.1. The van der Waals surface area contributed by atoms with Crippen LogP contribution in [-0.4, -0.2) is 23.3 Å². The van der Waals surface area contributed by atoms with E-state index in [1.165, 1.54) is 0 Å². The Morgan fingerprint density at radius 3 is 2.46 bits per heavy atom. The molecule has 1 heterocycles. The van der Waals surface area contributed by atoms with Crippen molar-refractivity contribution in [2.24, 2.45) is 5.41 Å². The lowest BCUT2D eigenvalue weighted by molar-refractivity contribution is -0.129. The molecule has 134 valence electrons. The second kappa shape index (κ2) is 7.38. The number of aromatic nitrogens is 1. The van der Waals surface area contributed by atoms with Crippen molar-refractivity contribution < 1.29 is 14.3 Å². The number of benzene rings is 2. The van der Waals surface area contributed by atoms with E-state index in [0.29, 0.717) is 12.0 Å². The summed E-state index contributed by atoms with van der Waals surface area (Å²) in [7, 11) is 0. The molecule has 4 nitrogen and oxygen atoms in total. The third kappa shape index (κ3) is 4.17. The standard InChI is InChI=1S/C21H21NO3S/c1-21(2,3)18(23)13-25-20(24)15-9-5-4-8-14(15)12-19-22-16-10-6-7-11-17(16)26-19/h4-11H,12-13H2,1-3H3. The highest BCUT2D eigenvalue weighted by Crippen LogP contribution is 2.25. The van der Waals surface area contributed by atoms with Crippen molar-refractivity contribution in [3.63, 3.8) is 0 Å². The molecule has 1 aromatic heterocycles. The van der Waals surface area contributed by atoms with Crippen molar-refractivity contribution in [2.75, 3.05) is 6.61 Å². The molecule has 2 aromatic carbocycles. The maximum atomic E-state index is 12.5. The van der Waals surface area contributed by atoms with Gasteiger partial charge in [0.1, 0.15) is 0 Å². The normalized spacial score (nSPS) is 11.5. The minimum absolute atomic E-state index is 0.102. The maximum Gasteiger partial charge on any atom is 0.338 e. The van der Waals surface area contributed by atoms with E-state index < -0.39 is 11.4 Å². The second-order valence-corrected chi connectivity index (χ2v) is 8.27. The van der Waals surface area contributed by atoms with Crippen LogP contribution >= 0.6 is 11.3 Å². The van der Waals surface area contributed by atoms with Crippen molar-refractivity contribution in [2.45, 2.75) is 27.2 Å². The molecule has 0 aliphatic heterocycles. The summed E-state index contributed by atoms with van der Waals surface area (Å²) in [5, 5.41) is 0.942. The van der Waals surface area contributed by atoms with Crippen LogP contribution in [-0.2, 0) is 16.0 Å². The highest BCUT2D eigenvalue weighted by molar-refractivity contribution is 7.18. The summed E-state index contributed by atoms with van der Waals surface area (Å²) in [6.07, 6.45) is 0.553. The third-order valence-corrected chi connectivity index (χ3v) is 5.12. The zero-order chi connectivity index (χ0) is 18.7. The summed E-state index contributed by atoms with van der Waals surface area (Å²) in [6.45, 7) is 5.22. The van der Waals surface area contributed by atoms with E-state index in [0.717, 1.165) is 20.8 Å². The highest BCUT2D eigenvalue weighted by Gasteiger charge is 2.23. The number of ketones is 1. The van der Waals surface area contributed by atoms with Gasteiger partial charge in [0, 0.05) is 11.8 Å². The Labute approximate surface area is 156 Å². The Kier molecular flexibility index (Phi) is 5.18. The minimum atomic E-state index is -0.527. The average molecular weight is 367 g/mol. The lowest BCUT2D eigenvalue weighted by Crippen LogP contribution is -2.26. The Bertz CT molecular complexity index is 920. The number of nitrogens with zero attached hydrogens (tertiary/aromatic N) is 1. The molecular formula is C21H21NO3S. The highest BCUT2D eigenvalue weighted by atomic mass is 32.1. The quantitative estimate of drug-likeness (QED) is 0.616. The summed E-state index contributed by atoms with van der Waals surface area (Å²) >= 11 is 1.62. The Morgan fingerprint density at radius 2 is 1.73 bits per heavy atom. The summed E-state index contributed by atoms with van der Waals surface area (Å²) in [5.74, 6) is -0.575. The van der Waals surface area contributed by atoms with Crippen molar-refractivity contribution in [1.82, 2.24) is 4.98 Å². The largest absolute Gasteiger partial charge is 0.454 e. The number of rotatable bonds is 5. The fraction of sp³-hybridized carbons (Fsp3) is 0.286. The topological polar surface area (TPSA) is 56.3 Å². The Hall–Kier alpha value is -2.53. The molecule has 0 amide bonds. The van der Waals surface area contributed by atoms with Crippen molar-refractivity contribution in [3.8, 4) is 0 Å². The van der Waals surface area contributed by atoms with Crippen molar-refractivity contribution in [3.05, 3.63) is 64.7 Å². The number of hydrogen-bond acceptors (Lipinski definition) is 5. The summed E-state index contributed by atoms with van der Waals surface area (Å²) in [6, 6.07) is 15.3. The number of para-hydroxylation sites is 1. The molecule has 0 atom stereocenters. The van der Waals surface area contributed by atoms with E-state index in [1.807, 2.05) is 57.2 Å². The number of esters is 1. The number of ether oxygens (including phenoxy) is 1. The molecule has 26 heavy (non-hydrogen) atoms. The molecular weight excluding hydrogens is 346 g/mol. The van der Waals surface area contributed by atoms with Gasteiger partial charge in [-0.25, -0.2) is 9.78 Å². The van der Waals surface area contributed by atoms with Crippen LogP contribution in [0, 0.1) is 5.41 Å². The maximum absolute atomic E-state index is 12.5. The molecule has 0 fully saturated rings. The predicted molar refractivity (Wildman–Crippen MR) is 104 cm³/mol. The molecule has 0 aliphatic rings. The van der Waals surface area contributed by atoms with Gasteiger partial charge >= 0.3 is 5.97 Å². The number of thiazole rings is 1. The van der Waals surface area contributed by atoms with E-state index in [9.17, 15) is 9.59 Å². The van der Waals surface area contributed by atoms with E-state index >= 15 is 0 Å². The van der Waals surface area contributed by atoms with Gasteiger partial charge in [0.2, 0.25) is 0 Å². The molecule has 3 aromatic rings. The van der Waals surface area contributed by atoms with Gasteiger partial charge in [-0.3, -0.25) is 4.79 Å². The number of carbonyl (C=O) groups is 2. The molecule has 0 spiro atoms. The van der Waals surface area contributed by atoms with Gasteiger partial charge in [0.25, 0.3) is 0 Å². The van der Waals surface area contributed by atoms with Crippen molar-refractivity contribution >= 4 is 33.3 Å². The zero-order valence-corrected chi connectivity index (χ0v) is 15.9. The monoisotopic (exact) mass is 367 g/mol. The van der Waals surface area contributed by atoms with E-state index in [1.54, 1.807) is 23.5 Å². The molecule has 0 unspecified atom stereocenters. The Morgan fingerprint density at radius 1 is 1.04 bits per heavy atom. The fourth-order valence-corrected chi connectivity index (χ4v) is 3.45. The van der Waals surface area contributed by atoms with Crippen LogP contribution < -0.4 is 0 Å². The number of carbonyl (C=O) groups excluding carboxylic acids is 2. The van der Waals surface area contributed by atoms with Crippen LogP contribution in [0.5, 0.6) is 0 Å². The summed E-state index contributed by atoms with van der Waals surface area (Å²) in [5.41, 5.74) is 1.76. The van der Waals surface area contributed by atoms with Crippen LogP contribution in [0.4, 0.5) is 0 Å². The molecule has 5 heteroatoms. The lowest BCUT2D eigenvalue weighted by atomic mass is 9.91. The van der Waals surface area contributed by atoms with E-state index in [2.05, 4.69) is 4.98 Å². The smallest absolute Gasteiger partial charge is 0.338 e. The van der Waals surface area contributed by atoms with Crippen LogP contribution in [0.2, 0.25) is 0 Å². The number of fused-ring (bicyclic) bond motifs is 1. The van der Waals surface area contributed by atoms with Gasteiger partial charge in [0.05, 0.1) is 20.8 Å².